The van der Waals surface area contributed by atoms with Crippen LogP contribution in [-0.4, -0.2) is 23.3 Å². The molecule has 0 radical (unpaired) electrons. The third kappa shape index (κ3) is 4.02. The molecule has 0 fully saturated rings. The van der Waals surface area contributed by atoms with Crippen molar-refractivity contribution in [2.75, 3.05) is 11.9 Å². The minimum Gasteiger partial charge on any atom is -0.334 e. The fourth-order valence-corrected chi connectivity index (χ4v) is 3.51. The van der Waals surface area contributed by atoms with E-state index in [9.17, 15) is 9.59 Å². The van der Waals surface area contributed by atoms with Gasteiger partial charge in [0.05, 0.1) is 11.6 Å². The lowest BCUT2D eigenvalue weighted by molar-refractivity contribution is 0.0734. The van der Waals surface area contributed by atoms with Crippen LogP contribution in [0.15, 0.2) is 72.8 Å². The Morgan fingerprint density at radius 3 is 2.48 bits per heavy atom. The van der Waals surface area contributed by atoms with Crippen molar-refractivity contribution < 1.29 is 9.59 Å². The number of carbonyl (C=O) groups is 2. The average Bonchev–Trinajstić information content (AvgIpc) is 2.78. The zero-order valence-corrected chi connectivity index (χ0v) is 15.8. The van der Waals surface area contributed by atoms with Gasteiger partial charge < -0.3 is 10.2 Å². The van der Waals surface area contributed by atoms with Crippen LogP contribution in [-0.2, 0) is 13.0 Å². The molecule has 2 amide bonds. The lowest BCUT2D eigenvalue weighted by Gasteiger charge is -2.29. The van der Waals surface area contributed by atoms with Gasteiger partial charge in [-0.05, 0) is 53.9 Å². The van der Waals surface area contributed by atoms with E-state index in [1.165, 1.54) is 11.1 Å². The SMILES string of the molecule is N#Cc1cccc(NC(=O)c2cccc(C(=O)N3CCc4ccccc4C3)c2)c1. The summed E-state index contributed by atoms with van der Waals surface area (Å²) in [6.45, 7) is 1.24. The first kappa shape index (κ1) is 18.5. The molecule has 0 spiro atoms. The first-order valence-corrected chi connectivity index (χ1v) is 9.42. The van der Waals surface area contributed by atoms with Gasteiger partial charge in [0.15, 0.2) is 0 Å². The number of carbonyl (C=O) groups excluding carboxylic acids is 2. The van der Waals surface area contributed by atoms with Gasteiger partial charge in [-0.3, -0.25) is 9.59 Å². The first-order chi connectivity index (χ1) is 14.1. The van der Waals surface area contributed by atoms with Crippen LogP contribution in [0.1, 0.15) is 37.4 Å². The van der Waals surface area contributed by atoms with Crippen LogP contribution in [0, 0.1) is 11.3 Å². The van der Waals surface area contributed by atoms with Gasteiger partial charge >= 0.3 is 0 Å². The van der Waals surface area contributed by atoms with Crippen molar-refractivity contribution in [3.8, 4) is 6.07 Å². The number of fused-ring (bicyclic) bond motifs is 1. The number of nitrogens with zero attached hydrogens (tertiary/aromatic N) is 2. The number of amides is 2. The molecule has 1 heterocycles. The molecular weight excluding hydrogens is 362 g/mol. The maximum absolute atomic E-state index is 13.0. The Bertz CT molecular complexity index is 1130. The normalized spacial score (nSPS) is 12.6. The van der Waals surface area contributed by atoms with Crippen LogP contribution < -0.4 is 5.32 Å². The lowest BCUT2D eigenvalue weighted by Crippen LogP contribution is -2.36. The number of benzene rings is 3. The molecule has 5 heteroatoms. The maximum Gasteiger partial charge on any atom is 0.255 e. The summed E-state index contributed by atoms with van der Waals surface area (Å²) < 4.78 is 0. The first-order valence-electron chi connectivity index (χ1n) is 9.42. The van der Waals surface area contributed by atoms with E-state index in [0.29, 0.717) is 35.5 Å². The van der Waals surface area contributed by atoms with Gasteiger partial charge in [-0.15, -0.1) is 0 Å². The number of nitriles is 1. The van der Waals surface area contributed by atoms with Gasteiger partial charge in [-0.2, -0.15) is 5.26 Å². The lowest BCUT2D eigenvalue weighted by atomic mass is 9.99. The summed E-state index contributed by atoms with van der Waals surface area (Å²) in [4.78, 5) is 27.4. The number of hydrogen-bond acceptors (Lipinski definition) is 3. The molecule has 0 saturated carbocycles. The number of anilines is 1. The van der Waals surface area contributed by atoms with Crippen LogP contribution in [0.2, 0.25) is 0 Å². The third-order valence-corrected chi connectivity index (χ3v) is 5.04. The van der Waals surface area contributed by atoms with Crippen molar-refractivity contribution >= 4 is 17.5 Å². The molecule has 142 valence electrons. The Morgan fingerprint density at radius 2 is 1.66 bits per heavy atom. The highest BCUT2D eigenvalue weighted by Crippen LogP contribution is 2.21. The third-order valence-electron chi connectivity index (χ3n) is 5.04. The molecule has 4 rings (SSSR count). The molecule has 0 aromatic heterocycles. The highest BCUT2D eigenvalue weighted by Gasteiger charge is 2.22. The molecule has 5 nitrogen and oxygen atoms in total. The monoisotopic (exact) mass is 381 g/mol. The molecule has 1 aliphatic heterocycles. The predicted octanol–water partition coefficient (Wildman–Crippen LogP) is 4.01. The standard InChI is InChI=1S/C24H19N3O2/c25-15-17-5-3-10-22(13-17)26-23(28)19-8-4-9-20(14-19)24(29)27-12-11-18-6-1-2-7-21(18)16-27/h1-10,13-14H,11-12,16H2,(H,26,28). The van der Waals surface area contributed by atoms with E-state index in [0.717, 1.165) is 6.42 Å². The van der Waals surface area contributed by atoms with Crippen molar-refractivity contribution in [3.05, 3.63) is 101 Å². The van der Waals surface area contributed by atoms with Crippen LogP contribution in [0.5, 0.6) is 0 Å². The van der Waals surface area contributed by atoms with Gasteiger partial charge in [0.2, 0.25) is 0 Å². The van der Waals surface area contributed by atoms with Crippen molar-refractivity contribution in [2.45, 2.75) is 13.0 Å². The van der Waals surface area contributed by atoms with E-state index in [1.807, 2.05) is 29.2 Å². The van der Waals surface area contributed by atoms with Crippen molar-refractivity contribution in [2.24, 2.45) is 0 Å². The zero-order chi connectivity index (χ0) is 20.2. The summed E-state index contributed by atoms with van der Waals surface area (Å²) in [6, 6.07) is 23.6. The highest BCUT2D eigenvalue weighted by atomic mass is 16.2. The van der Waals surface area contributed by atoms with E-state index >= 15 is 0 Å². The second kappa shape index (κ2) is 7.99. The molecule has 0 bridgehead atoms. The molecule has 1 aliphatic rings. The molecular formula is C24H19N3O2. The van der Waals surface area contributed by atoms with Gasteiger partial charge in [0.1, 0.15) is 0 Å². The summed E-state index contributed by atoms with van der Waals surface area (Å²) in [7, 11) is 0. The van der Waals surface area contributed by atoms with Crippen molar-refractivity contribution in [3.63, 3.8) is 0 Å². The fraction of sp³-hybridized carbons (Fsp3) is 0.125. The second-order valence-corrected chi connectivity index (χ2v) is 6.97. The molecule has 3 aromatic carbocycles. The Labute approximate surface area is 169 Å². The highest BCUT2D eigenvalue weighted by molar-refractivity contribution is 6.06. The van der Waals surface area contributed by atoms with E-state index in [1.54, 1.807) is 48.5 Å². The van der Waals surface area contributed by atoms with Crippen molar-refractivity contribution in [1.29, 1.82) is 5.26 Å². The summed E-state index contributed by atoms with van der Waals surface area (Å²) in [5.41, 5.74) is 4.34. The maximum atomic E-state index is 13.0. The van der Waals surface area contributed by atoms with E-state index in [2.05, 4.69) is 11.4 Å². The number of nitrogens with one attached hydrogen (secondary N) is 1. The number of hydrogen-bond donors (Lipinski definition) is 1. The topological polar surface area (TPSA) is 73.2 Å². The average molecular weight is 381 g/mol. The quantitative estimate of drug-likeness (QED) is 0.745. The Kier molecular flexibility index (Phi) is 5.08. The van der Waals surface area contributed by atoms with Gasteiger partial charge in [-0.25, -0.2) is 0 Å². The van der Waals surface area contributed by atoms with Crippen molar-refractivity contribution in [1.82, 2.24) is 4.90 Å². The van der Waals surface area contributed by atoms with Crippen LogP contribution in [0.25, 0.3) is 0 Å². The molecule has 0 atom stereocenters. The van der Waals surface area contributed by atoms with Gasteiger partial charge in [-0.1, -0.05) is 36.4 Å². The Morgan fingerprint density at radius 1 is 0.897 bits per heavy atom. The summed E-state index contributed by atoms with van der Waals surface area (Å²) in [6.07, 6.45) is 0.831. The summed E-state index contributed by atoms with van der Waals surface area (Å²) in [5.74, 6) is -0.403. The molecule has 29 heavy (non-hydrogen) atoms. The minimum absolute atomic E-state index is 0.0827. The number of rotatable bonds is 3. The Balaban J connectivity index is 1.50. The largest absolute Gasteiger partial charge is 0.334 e. The fourth-order valence-electron chi connectivity index (χ4n) is 3.51. The van der Waals surface area contributed by atoms with E-state index in [4.69, 9.17) is 5.26 Å². The van der Waals surface area contributed by atoms with Gasteiger partial charge in [0, 0.05) is 29.9 Å². The second-order valence-electron chi connectivity index (χ2n) is 6.97. The summed E-state index contributed by atoms with van der Waals surface area (Å²) >= 11 is 0. The molecule has 3 aromatic rings. The molecule has 0 aliphatic carbocycles. The van der Waals surface area contributed by atoms with Crippen LogP contribution in [0.4, 0.5) is 5.69 Å². The van der Waals surface area contributed by atoms with Crippen LogP contribution in [0.3, 0.4) is 0 Å². The smallest absolute Gasteiger partial charge is 0.255 e. The minimum atomic E-state index is -0.321. The zero-order valence-electron chi connectivity index (χ0n) is 15.8. The molecule has 1 N–H and O–H groups in total. The predicted molar refractivity (Wildman–Crippen MR) is 110 cm³/mol. The molecule has 0 saturated heterocycles. The molecule has 0 unspecified atom stereocenters. The van der Waals surface area contributed by atoms with E-state index in [-0.39, 0.29) is 11.8 Å². The summed E-state index contributed by atoms with van der Waals surface area (Å²) in [5, 5.41) is 11.8. The van der Waals surface area contributed by atoms with Gasteiger partial charge in [0.25, 0.3) is 11.8 Å². The van der Waals surface area contributed by atoms with E-state index < -0.39 is 0 Å². The van der Waals surface area contributed by atoms with Crippen LogP contribution >= 0.6 is 0 Å². The Hall–Kier alpha value is -3.91.